The van der Waals surface area contributed by atoms with Crippen LogP contribution >= 0.6 is 11.8 Å². The molecule has 2 aromatic rings. The van der Waals surface area contributed by atoms with Crippen molar-refractivity contribution in [1.29, 1.82) is 0 Å². The van der Waals surface area contributed by atoms with E-state index in [1.807, 2.05) is 6.92 Å². The molecular weight excluding hydrogens is 251 g/mol. The van der Waals surface area contributed by atoms with Gasteiger partial charge in [-0.1, -0.05) is 18.7 Å². The average molecular weight is 264 g/mol. The Kier molecular flexibility index (Phi) is 4.11. The second kappa shape index (κ2) is 5.79. The molecule has 0 aliphatic rings. The molecule has 0 amide bonds. The number of benzene rings is 1. The van der Waals surface area contributed by atoms with Crippen molar-refractivity contribution in [1.82, 2.24) is 9.97 Å². The summed E-state index contributed by atoms with van der Waals surface area (Å²) in [6.07, 6.45) is 2.23. The standard InChI is InChI=1S/C12H13FN4S/c1-2-10-11(17-14)15-7-16-12(10)18-9-5-3-8(13)4-6-9/h3-7H,2,14H2,1H3,(H,15,16,17). The smallest absolute Gasteiger partial charge is 0.147 e. The molecule has 1 aromatic carbocycles. The number of halogens is 1. The maximum absolute atomic E-state index is 12.8. The van der Waals surface area contributed by atoms with Crippen molar-refractivity contribution in [2.24, 2.45) is 5.84 Å². The Balaban J connectivity index is 2.31. The van der Waals surface area contributed by atoms with Crippen LogP contribution in [0.25, 0.3) is 0 Å². The molecule has 0 bridgehead atoms. The van der Waals surface area contributed by atoms with E-state index in [2.05, 4.69) is 15.4 Å². The van der Waals surface area contributed by atoms with Crippen LogP contribution in [0.4, 0.5) is 10.2 Å². The fourth-order valence-corrected chi connectivity index (χ4v) is 2.50. The van der Waals surface area contributed by atoms with Crippen molar-refractivity contribution in [2.75, 3.05) is 5.43 Å². The van der Waals surface area contributed by atoms with Gasteiger partial charge in [0, 0.05) is 10.5 Å². The Morgan fingerprint density at radius 3 is 2.61 bits per heavy atom. The molecule has 3 N–H and O–H groups in total. The van der Waals surface area contributed by atoms with Crippen molar-refractivity contribution in [3.8, 4) is 0 Å². The molecule has 6 heteroatoms. The highest BCUT2D eigenvalue weighted by Crippen LogP contribution is 2.31. The number of nitrogens with zero attached hydrogens (tertiary/aromatic N) is 2. The fourth-order valence-electron chi connectivity index (χ4n) is 1.54. The quantitative estimate of drug-likeness (QED) is 0.505. The van der Waals surface area contributed by atoms with E-state index in [-0.39, 0.29) is 5.82 Å². The summed E-state index contributed by atoms with van der Waals surface area (Å²) in [5.41, 5.74) is 3.51. The molecule has 0 aliphatic carbocycles. The zero-order valence-corrected chi connectivity index (χ0v) is 10.7. The van der Waals surface area contributed by atoms with Crippen molar-refractivity contribution >= 4 is 17.6 Å². The number of hydrazine groups is 1. The van der Waals surface area contributed by atoms with Crippen LogP contribution in [0, 0.1) is 5.82 Å². The minimum Gasteiger partial charge on any atom is -0.308 e. The zero-order valence-electron chi connectivity index (χ0n) is 9.85. The van der Waals surface area contributed by atoms with E-state index in [9.17, 15) is 4.39 Å². The minimum absolute atomic E-state index is 0.248. The Hall–Kier alpha value is -1.66. The highest BCUT2D eigenvalue weighted by Gasteiger charge is 2.10. The van der Waals surface area contributed by atoms with Crippen LogP contribution in [0.2, 0.25) is 0 Å². The van der Waals surface area contributed by atoms with Crippen LogP contribution in [0.1, 0.15) is 12.5 Å². The van der Waals surface area contributed by atoms with Gasteiger partial charge >= 0.3 is 0 Å². The topological polar surface area (TPSA) is 63.8 Å². The van der Waals surface area contributed by atoms with Gasteiger partial charge in [-0.25, -0.2) is 20.2 Å². The highest BCUT2D eigenvalue weighted by molar-refractivity contribution is 7.99. The molecule has 0 atom stereocenters. The Labute approximate surface area is 109 Å². The average Bonchev–Trinajstić information content (AvgIpc) is 2.41. The lowest BCUT2D eigenvalue weighted by Crippen LogP contribution is -2.12. The summed E-state index contributed by atoms with van der Waals surface area (Å²) >= 11 is 1.46. The van der Waals surface area contributed by atoms with E-state index >= 15 is 0 Å². The second-order valence-electron chi connectivity index (χ2n) is 3.56. The number of nitrogens with one attached hydrogen (secondary N) is 1. The van der Waals surface area contributed by atoms with E-state index < -0.39 is 0 Å². The van der Waals surface area contributed by atoms with Gasteiger partial charge in [-0.15, -0.1) is 0 Å². The molecule has 0 fully saturated rings. The van der Waals surface area contributed by atoms with Crippen LogP contribution < -0.4 is 11.3 Å². The van der Waals surface area contributed by atoms with Gasteiger partial charge in [0.25, 0.3) is 0 Å². The van der Waals surface area contributed by atoms with Gasteiger partial charge in [0.2, 0.25) is 0 Å². The number of hydrogen-bond acceptors (Lipinski definition) is 5. The summed E-state index contributed by atoms with van der Waals surface area (Å²) in [7, 11) is 0. The molecule has 94 valence electrons. The molecule has 0 saturated heterocycles. The van der Waals surface area contributed by atoms with Gasteiger partial charge in [0.05, 0.1) is 0 Å². The van der Waals surface area contributed by atoms with Gasteiger partial charge in [0.1, 0.15) is 23.0 Å². The van der Waals surface area contributed by atoms with Crippen LogP contribution in [0.15, 0.2) is 40.5 Å². The minimum atomic E-state index is -0.248. The lowest BCUT2D eigenvalue weighted by Gasteiger charge is -2.10. The normalized spacial score (nSPS) is 10.4. The number of nitrogens with two attached hydrogens (primary N) is 1. The molecule has 1 aromatic heterocycles. The first-order valence-corrected chi connectivity index (χ1v) is 6.30. The number of nitrogen functional groups attached to an aromatic ring is 1. The van der Waals surface area contributed by atoms with Crippen molar-refractivity contribution < 1.29 is 4.39 Å². The summed E-state index contributed by atoms with van der Waals surface area (Å²) in [6, 6.07) is 6.29. The number of aromatic nitrogens is 2. The van der Waals surface area contributed by atoms with E-state index in [1.165, 1.54) is 30.2 Å². The number of hydrogen-bond donors (Lipinski definition) is 2. The molecule has 0 unspecified atom stereocenters. The van der Waals surface area contributed by atoms with Gasteiger partial charge in [-0.05, 0) is 30.7 Å². The first kappa shape index (κ1) is 12.8. The molecule has 0 spiro atoms. The molecule has 0 saturated carbocycles. The lowest BCUT2D eigenvalue weighted by atomic mass is 10.2. The molecule has 1 heterocycles. The van der Waals surface area contributed by atoms with Crippen molar-refractivity contribution in [3.63, 3.8) is 0 Å². The number of rotatable bonds is 4. The van der Waals surface area contributed by atoms with E-state index in [0.29, 0.717) is 5.82 Å². The molecule has 2 rings (SSSR count). The Morgan fingerprint density at radius 1 is 1.28 bits per heavy atom. The summed E-state index contributed by atoms with van der Waals surface area (Å²) < 4.78 is 12.8. The second-order valence-corrected chi connectivity index (χ2v) is 4.62. The number of anilines is 1. The fraction of sp³-hybridized carbons (Fsp3) is 0.167. The largest absolute Gasteiger partial charge is 0.308 e. The third-order valence-corrected chi connectivity index (χ3v) is 3.48. The zero-order chi connectivity index (χ0) is 13.0. The van der Waals surface area contributed by atoms with Crippen LogP contribution in [0.5, 0.6) is 0 Å². The maximum Gasteiger partial charge on any atom is 0.147 e. The van der Waals surface area contributed by atoms with E-state index in [0.717, 1.165) is 21.9 Å². The van der Waals surface area contributed by atoms with Gasteiger partial charge in [-0.3, -0.25) is 0 Å². The van der Waals surface area contributed by atoms with Crippen LogP contribution in [0.3, 0.4) is 0 Å². The van der Waals surface area contributed by atoms with Gasteiger partial charge in [0.15, 0.2) is 0 Å². The molecule has 4 nitrogen and oxygen atoms in total. The van der Waals surface area contributed by atoms with Crippen LogP contribution in [-0.4, -0.2) is 9.97 Å². The summed E-state index contributed by atoms with van der Waals surface area (Å²) in [5.74, 6) is 5.78. The Bertz CT molecular complexity index is 530. The lowest BCUT2D eigenvalue weighted by molar-refractivity contribution is 0.626. The van der Waals surface area contributed by atoms with Gasteiger partial charge < -0.3 is 5.43 Å². The third kappa shape index (κ3) is 2.77. The highest BCUT2D eigenvalue weighted by atomic mass is 32.2. The third-order valence-electron chi connectivity index (χ3n) is 2.42. The first-order chi connectivity index (χ1) is 8.74. The predicted molar refractivity (Wildman–Crippen MR) is 69.7 cm³/mol. The monoisotopic (exact) mass is 264 g/mol. The van der Waals surface area contributed by atoms with Gasteiger partial charge in [-0.2, -0.15) is 0 Å². The molecule has 0 radical (unpaired) electrons. The van der Waals surface area contributed by atoms with Crippen molar-refractivity contribution in [2.45, 2.75) is 23.3 Å². The predicted octanol–water partition coefficient (Wildman–Crippen LogP) is 2.61. The molecule has 0 aliphatic heterocycles. The Morgan fingerprint density at radius 2 is 2.00 bits per heavy atom. The molecule has 18 heavy (non-hydrogen) atoms. The summed E-state index contributed by atoms with van der Waals surface area (Å²) in [6.45, 7) is 2.01. The first-order valence-electron chi connectivity index (χ1n) is 5.48. The molecular formula is C12H13FN4S. The summed E-state index contributed by atoms with van der Waals surface area (Å²) in [5, 5.41) is 0.826. The van der Waals surface area contributed by atoms with Crippen LogP contribution in [-0.2, 0) is 6.42 Å². The van der Waals surface area contributed by atoms with E-state index in [1.54, 1.807) is 12.1 Å². The SMILES string of the molecule is CCc1c(NN)ncnc1Sc1ccc(F)cc1. The maximum atomic E-state index is 12.8. The summed E-state index contributed by atoms with van der Waals surface area (Å²) in [4.78, 5) is 9.23. The van der Waals surface area contributed by atoms with E-state index in [4.69, 9.17) is 5.84 Å². The van der Waals surface area contributed by atoms with Crippen molar-refractivity contribution in [3.05, 3.63) is 42.0 Å².